The first-order chi connectivity index (χ1) is 14.0. The van der Waals surface area contributed by atoms with Gasteiger partial charge in [0.15, 0.2) is 5.16 Å². The van der Waals surface area contributed by atoms with Crippen molar-refractivity contribution in [3.63, 3.8) is 0 Å². The molecule has 4 rings (SSSR count). The van der Waals surface area contributed by atoms with Crippen molar-refractivity contribution >= 4 is 52.2 Å². The number of nitrogens with zero attached hydrogens (tertiary/aromatic N) is 3. The molecule has 1 aliphatic carbocycles. The van der Waals surface area contributed by atoms with Gasteiger partial charge >= 0.3 is 0 Å². The number of halogens is 2. The van der Waals surface area contributed by atoms with E-state index in [4.69, 9.17) is 23.2 Å². The Morgan fingerprint density at radius 2 is 2.17 bits per heavy atom. The van der Waals surface area contributed by atoms with E-state index in [0.29, 0.717) is 16.1 Å². The molecular weight excluding hydrogens is 447 g/mol. The Morgan fingerprint density at radius 3 is 2.86 bits per heavy atom. The maximum Gasteiger partial charge on any atom is 0.230 e. The van der Waals surface area contributed by atoms with Crippen molar-refractivity contribution < 1.29 is 4.79 Å². The molecule has 0 spiro atoms. The fraction of sp³-hybridized carbons (Fsp3) is 0.350. The molecule has 5 nitrogen and oxygen atoms in total. The number of amides is 1. The maximum atomic E-state index is 12.5. The molecular formula is C20H20Cl2N4OS2. The summed E-state index contributed by atoms with van der Waals surface area (Å²) >= 11 is 15.3. The van der Waals surface area contributed by atoms with Crippen LogP contribution < -0.4 is 5.32 Å². The van der Waals surface area contributed by atoms with Crippen molar-refractivity contribution in [3.05, 3.63) is 62.0 Å². The van der Waals surface area contributed by atoms with Crippen molar-refractivity contribution in [2.45, 2.75) is 43.4 Å². The normalized spacial score (nSPS) is 14.7. The lowest BCUT2D eigenvalue weighted by atomic mass is 10.1. The molecule has 1 aliphatic rings. The Kier molecular flexibility index (Phi) is 6.49. The molecule has 9 heteroatoms. The van der Waals surface area contributed by atoms with Gasteiger partial charge in [-0.15, -0.1) is 21.5 Å². The first kappa shape index (κ1) is 20.7. The predicted molar refractivity (Wildman–Crippen MR) is 119 cm³/mol. The third-order valence-electron chi connectivity index (χ3n) is 4.70. The van der Waals surface area contributed by atoms with Crippen LogP contribution >= 0.6 is 46.3 Å². The molecule has 0 radical (unpaired) electrons. The van der Waals surface area contributed by atoms with Crippen LogP contribution in [-0.2, 0) is 11.2 Å². The number of thioether (sulfide) groups is 1. The number of benzene rings is 1. The van der Waals surface area contributed by atoms with Crippen LogP contribution in [0.3, 0.4) is 0 Å². The fourth-order valence-electron chi connectivity index (χ4n) is 3.14. The largest absolute Gasteiger partial charge is 0.349 e. The fourth-order valence-corrected chi connectivity index (χ4v) is 5.25. The lowest BCUT2D eigenvalue weighted by Crippen LogP contribution is -2.28. The summed E-state index contributed by atoms with van der Waals surface area (Å²) in [5.41, 5.74) is 0.841. The van der Waals surface area contributed by atoms with E-state index in [9.17, 15) is 4.79 Å². The zero-order valence-corrected chi connectivity index (χ0v) is 18.9. The van der Waals surface area contributed by atoms with Crippen molar-refractivity contribution in [1.29, 1.82) is 0 Å². The van der Waals surface area contributed by atoms with E-state index >= 15 is 0 Å². The van der Waals surface area contributed by atoms with Gasteiger partial charge in [-0.3, -0.25) is 4.79 Å². The van der Waals surface area contributed by atoms with Crippen LogP contribution in [0.15, 0.2) is 40.9 Å². The van der Waals surface area contributed by atoms with Gasteiger partial charge < -0.3 is 9.88 Å². The maximum absolute atomic E-state index is 12.5. The zero-order chi connectivity index (χ0) is 20.4. The molecule has 29 heavy (non-hydrogen) atoms. The van der Waals surface area contributed by atoms with E-state index in [1.54, 1.807) is 23.5 Å². The molecule has 2 heterocycles. The number of aromatic nitrogens is 3. The number of thiophene rings is 1. The zero-order valence-electron chi connectivity index (χ0n) is 15.8. The number of rotatable bonds is 8. The molecule has 1 fully saturated rings. The lowest BCUT2D eigenvalue weighted by Gasteiger charge is -2.16. The van der Waals surface area contributed by atoms with Crippen LogP contribution in [0.25, 0.3) is 0 Å². The average molecular weight is 467 g/mol. The highest BCUT2D eigenvalue weighted by molar-refractivity contribution is 7.99. The summed E-state index contributed by atoms with van der Waals surface area (Å²) in [7, 11) is 0. The van der Waals surface area contributed by atoms with E-state index in [1.165, 1.54) is 16.6 Å². The van der Waals surface area contributed by atoms with Crippen LogP contribution in [0.2, 0.25) is 10.0 Å². The third-order valence-corrected chi connectivity index (χ3v) is 7.08. The van der Waals surface area contributed by atoms with Gasteiger partial charge in [-0.25, -0.2) is 0 Å². The minimum atomic E-state index is -0.205. The molecule has 1 N–H and O–H groups in total. The Balaban J connectivity index is 1.38. The highest BCUT2D eigenvalue weighted by atomic mass is 35.5. The number of carbonyl (C=O) groups excluding carboxylic acids is 1. The van der Waals surface area contributed by atoms with E-state index in [0.717, 1.165) is 35.8 Å². The number of nitrogens with one attached hydrogen (secondary N) is 1. The Hall–Kier alpha value is -1.54. The van der Waals surface area contributed by atoms with Crippen LogP contribution in [0.5, 0.6) is 0 Å². The first-order valence-corrected chi connectivity index (χ1v) is 12.0. The summed E-state index contributed by atoms with van der Waals surface area (Å²) in [6, 6.07) is 9.70. The molecule has 0 aliphatic heterocycles. The topological polar surface area (TPSA) is 59.8 Å². The van der Waals surface area contributed by atoms with E-state index in [1.807, 2.05) is 19.1 Å². The number of hydrogen-bond donors (Lipinski definition) is 1. The highest BCUT2D eigenvalue weighted by Gasteiger charge is 2.30. The second kappa shape index (κ2) is 9.08. The smallest absolute Gasteiger partial charge is 0.230 e. The number of hydrogen-bond acceptors (Lipinski definition) is 5. The van der Waals surface area contributed by atoms with Crippen molar-refractivity contribution in [1.82, 2.24) is 20.1 Å². The van der Waals surface area contributed by atoms with Gasteiger partial charge in [0.25, 0.3) is 0 Å². The SMILES string of the molecule is C[C@H](NC(=O)CSc1nnc(Cc2cccs2)n1C1CC1)c1ccc(Cl)cc1Cl. The van der Waals surface area contributed by atoms with Gasteiger partial charge in [-0.05, 0) is 48.9 Å². The van der Waals surface area contributed by atoms with Crippen LogP contribution in [0, 0.1) is 0 Å². The Morgan fingerprint density at radius 1 is 1.34 bits per heavy atom. The second-order valence-corrected chi connectivity index (χ2v) is 9.82. The third kappa shape index (κ3) is 5.15. The summed E-state index contributed by atoms with van der Waals surface area (Å²) in [6.07, 6.45) is 3.06. The van der Waals surface area contributed by atoms with E-state index < -0.39 is 0 Å². The summed E-state index contributed by atoms with van der Waals surface area (Å²) in [4.78, 5) is 13.7. The highest BCUT2D eigenvalue weighted by Crippen LogP contribution is 2.39. The molecule has 0 bridgehead atoms. The second-order valence-electron chi connectivity index (χ2n) is 7.00. The van der Waals surface area contributed by atoms with Crippen molar-refractivity contribution in [3.8, 4) is 0 Å². The van der Waals surface area contributed by atoms with Crippen LogP contribution in [0.4, 0.5) is 0 Å². The molecule has 1 amide bonds. The van der Waals surface area contributed by atoms with Crippen molar-refractivity contribution in [2.75, 3.05) is 5.75 Å². The lowest BCUT2D eigenvalue weighted by molar-refractivity contribution is -0.119. The summed E-state index contributed by atoms with van der Waals surface area (Å²) in [5, 5.41) is 15.7. The minimum Gasteiger partial charge on any atom is -0.349 e. The summed E-state index contributed by atoms with van der Waals surface area (Å²) < 4.78 is 2.21. The van der Waals surface area contributed by atoms with E-state index in [2.05, 4.69) is 31.5 Å². The molecule has 1 aromatic carbocycles. The molecule has 0 unspecified atom stereocenters. The van der Waals surface area contributed by atoms with Gasteiger partial charge in [0.05, 0.1) is 11.8 Å². The number of carbonyl (C=O) groups is 1. The molecule has 2 aromatic heterocycles. The standard InChI is InChI=1S/C20H20Cl2N4OS2/c1-12(16-7-4-13(21)9-17(16)22)23-19(27)11-29-20-25-24-18(26(20)14-5-6-14)10-15-3-2-8-28-15/h2-4,7-9,12,14H,5-6,10-11H2,1H3,(H,23,27)/t12-/m0/s1. The van der Waals surface area contributed by atoms with Gasteiger partial charge in [0.2, 0.25) is 5.91 Å². The monoisotopic (exact) mass is 466 g/mol. The summed E-state index contributed by atoms with van der Waals surface area (Å²) in [5.74, 6) is 1.18. The van der Waals surface area contributed by atoms with Gasteiger partial charge in [0, 0.05) is 27.4 Å². The van der Waals surface area contributed by atoms with Crippen LogP contribution in [0.1, 0.15) is 48.1 Å². The Labute approximate surface area is 187 Å². The first-order valence-electron chi connectivity index (χ1n) is 9.34. The quantitative estimate of drug-likeness (QED) is 0.442. The molecule has 1 saturated carbocycles. The molecule has 3 aromatic rings. The molecule has 0 saturated heterocycles. The summed E-state index contributed by atoms with van der Waals surface area (Å²) in [6.45, 7) is 1.91. The van der Waals surface area contributed by atoms with Gasteiger partial charge in [0.1, 0.15) is 5.82 Å². The molecule has 1 atom stereocenters. The molecule has 152 valence electrons. The van der Waals surface area contributed by atoms with Crippen molar-refractivity contribution in [2.24, 2.45) is 0 Å². The van der Waals surface area contributed by atoms with Gasteiger partial charge in [-0.1, -0.05) is 47.1 Å². The minimum absolute atomic E-state index is 0.0707. The van der Waals surface area contributed by atoms with Crippen LogP contribution in [-0.4, -0.2) is 26.4 Å². The van der Waals surface area contributed by atoms with E-state index in [-0.39, 0.29) is 17.7 Å². The Bertz CT molecular complexity index is 1000. The predicted octanol–water partition coefficient (Wildman–Crippen LogP) is 5.54. The van der Waals surface area contributed by atoms with Gasteiger partial charge in [-0.2, -0.15) is 0 Å². The average Bonchev–Trinajstić information content (AvgIpc) is 3.22.